The van der Waals surface area contributed by atoms with Gasteiger partial charge >= 0.3 is 5.97 Å². The number of hydrogen-bond acceptors (Lipinski definition) is 5. The third-order valence-electron chi connectivity index (χ3n) is 6.79. The minimum absolute atomic E-state index is 0.140. The normalized spacial score (nSPS) is 24.4. The number of carbonyl (C=O) groups excluding carboxylic acids is 3. The predicted octanol–water partition coefficient (Wildman–Crippen LogP) is 4.06. The molecule has 5 rings (SSSR count). The molecule has 1 saturated heterocycles. The lowest BCUT2D eigenvalue weighted by Crippen LogP contribution is -2.60. The summed E-state index contributed by atoms with van der Waals surface area (Å²) in [5, 5.41) is 0.987. The molecule has 0 N–H and O–H groups in total. The van der Waals surface area contributed by atoms with Crippen LogP contribution in [0.3, 0.4) is 0 Å². The number of para-hydroxylation sites is 1. The molecule has 2 aromatic carbocycles. The summed E-state index contributed by atoms with van der Waals surface area (Å²) in [6.45, 7) is 3.94. The first-order valence-electron chi connectivity index (χ1n) is 10.7. The molecule has 3 atom stereocenters. The zero-order chi connectivity index (χ0) is 22.6. The number of benzene rings is 2. The lowest BCUT2D eigenvalue weighted by atomic mass is 9.72. The highest BCUT2D eigenvalue weighted by atomic mass is 32.1. The standard InChI is InChI=1S/C25H24N2O4S/c1-4-31-23(29)17-14-27(22(28)20-13-15-9-5-8-12-19(15)32-20)25(2)21(17)16-10-6-7-11-18(16)26(3)24(25)30/h5-13,17,21H,4,14H2,1-3H3/t17-,21+,25-/m0/s1. The van der Waals surface area contributed by atoms with Gasteiger partial charge < -0.3 is 14.5 Å². The first-order valence-corrected chi connectivity index (χ1v) is 11.5. The molecule has 1 aromatic heterocycles. The molecule has 1 fully saturated rings. The Morgan fingerprint density at radius 2 is 1.88 bits per heavy atom. The van der Waals surface area contributed by atoms with E-state index in [1.807, 2.05) is 54.6 Å². The maximum atomic E-state index is 13.8. The molecule has 0 bridgehead atoms. The number of esters is 1. The third kappa shape index (κ3) is 2.80. The van der Waals surface area contributed by atoms with Gasteiger partial charge in [-0.1, -0.05) is 36.4 Å². The van der Waals surface area contributed by atoms with E-state index >= 15 is 0 Å². The van der Waals surface area contributed by atoms with Crippen LogP contribution in [0.1, 0.15) is 35.0 Å². The number of likely N-dealkylation sites (tertiary alicyclic amines) is 1. The van der Waals surface area contributed by atoms with Crippen molar-refractivity contribution in [1.29, 1.82) is 0 Å². The van der Waals surface area contributed by atoms with Crippen molar-refractivity contribution < 1.29 is 19.1 Å². The van der Waals surface area contributed by atoms with Gasteiger partial charge in [-0.2, -0.15) is 0 Å². The molecule has 0 aliphatic carbocycles. The highest BCUT2D eigenvalue weighted by molar-refractivity contribution is 7.20. The van der Waals surface area contributed by atoms with Crippen LogP contribution in [-0.4, -0.2) is 48.4 Å². The SMILES string of the molecule is CCOC(=O)[C@H]1CN(C(=O)c2cc3ccccc3s2)[C@]2(C)C(=O)N(C)c3ccccc3[C@H]12. The lowest BCUT2D eigenvalue weighted by Gasteiger charge is -2.45. The van der Waals surface area contributed by atoms with E-state index in [4.69, 9.17) is 4.74 Å². The number of anilines is 1. The van der Waals surface area contributed by atoms with Crippen molar-refractivity contribution >= 4 is 44.9 Å². The second-order valence-corrected chi connectivity index (χ2v) is 9.55. The molecule has 3 aromatic rings. The van der Waals surface area contributed by atoms with Crippen LogP contribution >= 0.6 is 11.3 Å². The van der Waals surface area contributed by atoms with Crippen LogP contribution in [0, 0.1) is 5.92 Å². The largest absolute Gasteiger partial charge is 0.466 e. The van der Waals surface area contributed by atoms with Crippen LogP contribution in [0.15, 0.2) is 54.6 Å². The number of hydrogen-bond donors (Lipinski definition) is 0. The van der Waals surface area contributed by atoms with E-state index in [-0.39, 0.29) is 30.9 Å². The van der Waals surface area contributed by atoms with Gasteiger partial charge in [0.15, 0.2) is 0 Å². The Morgan fingerprint density at radius 3 is 2.62 bits per heavy atom. The van der Waals surface area contributed by atoms with Gasteiger partial charge in [0.05, 0.1) is 17.4 Å². The molecule has 2 amide bonds. The van der Waals surface area contributed by atoms with Crippen molar-refractivity contribution in [3.63, 3.8) is 0 Å². The fourth-order valence-electron chi connectivity index (χ4n) is 5.30. The quantitative estimate of drug-likeness (QED) is 0.567. The molecule has 0 saturated carbocycles. The molecule has 6 nitrogen and oxygen atoms in total. The fraction of sp³-hybridized carbons (Fsp3) is 0.320. The van der Waals surface area contributed by atoms with Crippen molar-refractivity contribution in [2.75, 3.05) is 25.1 Å². The molecular weight excluding hydrogens is 424 g/mol. The van der Waals surface area contributed by atoms with Crippen LogP contribution in [-0.2, 0) is 14.3 Å². The van der Waals surface area contributed by atoms with Crippen LogP contribution in [0.2, 0.25) is 0 Å². The Bertz CT molecular complexity index is 1220. The molecule has 3 heterocycles. The van der Waals surface area contributed by atoms with E-state index in [0.717, 1.165) is 21.3 Å². The van der Waals surface area contributed by atoms with Crippen molar-refractivity contribution in [2.24, 2.45) is 5.92 Å². The Hall–Kier alpha value is -3.19. The summed E-state index contributed by atoms with van der Waals surface area (Å²) in [6.07, 6.45) is 0. The van der Waals surface area contributed by atoms with E-state index in [1.165, 1.54) is 11.3 Å². The van der Waals surface area contributed by atoms with Crippen LogP contribution in [0.5, 0.6) is 0 Å². The molecule has 32 heavy (non-hydrogen) atoms. The highest BCUT2D eigenvalue weighted by Gasteiger charge is 2.63. The summed E-state index contributed by atoms with van der Waals surface area (Å²) >= 11 is 1.41. The molecule has 0 unspecified atom stereocenters. The number of amides is 2. The van der Waals surface area contributed by atoms with E-state index in [1.54, 1.807) is 30.7 Å². The van der Waals surface area contributed by atoms with Crippen molar-refractivity contribution in [3.05, 3.63) is 65.0 Å². The smallest absolute Gasteiger partial charge is 0.311 e. The summed E-state index contributed by atoms with van der Waals surface area (Å²) in [4.78, 5) is 44.3. The number of rotatable bonds is 3. The molecule has 2 aliphatic heterocycles. The Labute approximate surface area is 190 Å². The first-order chi connectivity index (χ1) is 15.4. The van der Waals surface area contributed by atoms with Gasteiger partial charge in [0.25, 0.3) is 11.8 Å². The van der Waals surface area contributed by atoms with Gasteiger partial charge in [0.2, 0.25) is 0 Å². The first kappa shape index (κ1) is 20.7. The number of carbonyl (C=O) groups is 3. The summed E-state index contributed by atoms with van der Waals surface area (Å²) in [5.74, 6) is -1.88. The highest BCUT2D eigenvalue weighted by Crippen LogP contribution is 2.53. The second kappa shape index (κ2) is 7.45. The minimum Gasteiger partial charge on any atom is -0.466 e. The maximum absolute atomic E-state index is 13.8. The molecule has 0 radical (unpaired) electrons. The van der Waals surface area contributed by atoms with Gasteiger partial charge in [-0.15, -0.1) is 11.3 Å². The zero-order valence-corrected chi connectivity index (χ0v) is 19.0. The molecule has 7 heteroatoms. The van der Waals surface area contributed by atoms with E-state index in [0.29, 0.717) is 4.88 Å². The van der Waals surface area contributed by atoms with Crippen molar-refractivity contribution in [1.82, 2.24) is 4.90 Å². The summed E-state index contributed by atoms with van der Waals surface area (Å²) in [6, 6.07) is 17.3. The second-order valence-electron chi connectivity index (χ2n) is 8.47. The van der Waals surface area contributed by atoms with Gasteiger partial charge in [-0.25, -0.2) is 0 Å². The molecule has 2 aliphatic rings. The average Bonchev–Trinajstić information content (AvgIpc) is 3.37. The van der Waals surface area contributed by atoms with Crippen LogP contribution in [0.4, 0.5) is 5.69 Å². The topological polar surface area (TPSA) is 66.9 Å². The third-order valence-corrected chi connectivity index (χ3v) is 7.89. The molecular formula is C25H24N2O4S. The Morgan fingerprint density at radius 1 is 1.16 bits per heavy atom. The van der Waals surface area contributed by atoms with E-state index < -0.39 is 17.4 Å². The average molecular weight is 449 g/mol. The summed E-state index contributed by atoms with van der Waals surface area (Å²) in [7, 11) is 1.72. The van der Waals surface area contributed by atoms with Crippen molar-refractivity contribution in [3.8, 4) is 0 Å². The number of fused-ring (bicyclic) bond motifs is 4. The number of ether oxygens (including phenoxy) is 1. The van der Waals surface area contributed by atoms with Gasteiger partial charge in [-0.05, 0) is 43.0 Å². The summed E-state index contributed by atoms with van der Waals surface area (Å²) in [5.41, 5.74) is 0.473. The Balaban J connectivity index is 1.65. The van der Waals surface area contributed by atoms with Crippen LogP contribution < -0.4 is 4.90 Å². The van der Waals surface area contributed by atoms with Gasteiger partial charge in [0, 0.05) is 29.9 Å². The van der Waals surface area contributed by atoms with Gasteiger partial charge in [0.1, 0.15) is 5.54 Å². The summed E-state index contributed by atoms with van der Waals surface area (Å²) < 4.78 is 6.39. The van der Waals surface area contributed by atoms with Crippen LogP contribution in [0.25, 0.3) is 10.1 Å². The Kier molecular flexibility index (Phi) is 4.82. The van der Waals surface area contributed by atoms with Gasteiger partial charge in [-0.3, -0.25) is 14.4 Å². The monoisotopic (exact) mass is 448 g/mol. The number of thiophene rings is 1. The number of likely N-dealkylation sites (N-methyl/N-ethyl adjacent to an activating group) is 1. The van der Waals surface area contributed by atoms with E-state index in [9.17, 15) is 14.4 Å². The zero-order valence-electron chi connectivity index (χ0n) is 18.2. The minimum atomic E-state index is -1.19. The fourth-order valence-corrected chi connectivity index (χ4v) is 6.31. The molecule has 0 spiro atoms. The predicted molar refractivity (Wildman–Crippen MR) is 124 cm³/mol. The molecule has 164 valence electrons. The number of nitrogens with zero attached hydrogens (tertiary/aromatic N) is 2. The van der Waals surface area contributed by atoms with E-state index in [2.05, 4.69) is 0 Å². The lowest BCUT2D eigenvalue weighted by molar-refractivity contribution is -0.148. The maximum Gasteiger partial charge on any atom is 0.311 e. The van der Waals surface area contributed by atoms with Crippen molar-refractivity contribution in [2.45, 2.75) is 25.3 Å².